The first-order valence-electron chi connectivity index (χ1n) is 13.2. The fourth-order valence-electron chi connectivity index (χ4n) is 6.34. The molecule has 9 aromatic rings. The van der Waals surface area contributed by atoms with Gasteiger partial charge in [-0.15, -0.1) is 0 Å². The Balaban J connectivity index is 1.44. The van der Waals surface area contributed by atoms with E-state index < -0.39 is 0 Å². The average Bonchev–Trinajstić information content (AvgIpc) is 3.65. The number of hydrogen-bond acceptors (Lipinski definition) is 2. The second-order valence-corrected chi connectivity index (χ2v) is 10.0. The highest BCUT2D eigenvalue weighted by Crippen LogP contribution is 2.41. The van der Waals surface area contributed by atoms with Gasteiger partial charge in [-0.05, 0) is 48.5 Å². The van der Waals surface area contributed by atoms with Crippen molar-refractivity contribution in [1.29, 1.82) is 0 Å². The number of benzene rings is 5. The monoisotopic (exact) mass is 499 g/mol. The molecule has 4 aromatic heterocycles. The second kappa shape index (κ2) is 7.59. The van der Waals surface area contributed by atoms with E-state index in [0.717, 1.165) is 44.1 Å². The lowest BCUT2D eigenvalue weighted by molar-refractivity contribution is 0.654. The molecule has 4 heteroatoms. The van der Waals surface area contributed by atoms with Crippen LogP contribution in [0.1, 0.15) is 0 Å². The van der Waals surface area contributed by atoms with Crippen LogP contribution in [0.5, 0.6) is 0 Å². The first-order valence-corrected chi connectivity index (χ1v) is 13.2. The first-order chi connectivity index (χ1) is 19.4. The van der Waals surface area contributed by atoms with Crippen molar-refractivity contribution in [2.24, 2.45) is 0 Å². The van der Waals surface area contributed by atoms with Crippen LogP contribution in [0.25, 0.3) is 77.1 Å². The lowest BCUT2D eigenvalue weighted by atomic mass is 10.1. The van der Waals surface area contributed by atoms with Crippen LogP contribution in [-0.4, -0.2) is 14.1 Å². The predicted molar refractivity (Wildman–Crippen MR) is 160 cm³/mol. The Bertz CT molecular complexity index is 2390. The van der Waals surface area contributed by atoms with Crippen LogP contribution in [0.15, 0.2) is 132 Å². The van der Waals surface area contributed by atoms with E-state index in [1.807, 2.05) is 18.3 Å². The van der Waals surface area contributed by atoms with Crippen molar-refractivity contribution < 1.29 is 4.42 Å². The molecule has 0 amide bonds. The summed E-state index contributed by atoms with van der Waals surface area (Å²) in [6, 6.07) is 42.9. The Morgan fingerprint density at radius 3 is 1.95 bits per heavy atom. The fourth-order valence-corrected chi connectivity index (χ4v) is 6.34. The van der Waals surface area contributed by atoms with E-state index in [9.17, 15) is 0 Å². The molecule has 0 aliphatic rings. The van der Waals surface area contributed by atoms with E-state index in [0.29, 0.717) is 5.71 Å². The number of pyridine rings is 1. The quantitative estimate of drug-likeness (QED) is 0.238. The molecular formula is C35H21N3O. The highest BCUT2D eigenvalue weighted by molar-refractivity contribution is 6.23. The van der Waals surface area contributed by atoms with Gasteiger partial charge in [-0.25, -0.2) is 4.98 Å². The fraction of sp³-hybridized carbons (Fsp3) is 0. The largest absolute Gasteiger partial charge is 0.438 e. The number of nitrogens with zero attached hydrogens (tertiary/aromatic N) is 3. The van der Waals surface area contributed by atoms with E-state index in [4.69, 9.17) is 9.40 Å². The summed E-state index contributed by atoms with van der Waals surface area (Å²) in [6.45, 7) is 0. The summed E-state index contributed by atoms with van der Waals surface area (Å²) in [6.07, 6.45) is 1.96. The summed E-state index contributed by atoms with van der Waals surface area (Å²) in [7, 11) is 0. The van der Waals surface area contributed by atoms with Gasteiger partial charge < -0.3 is 13.6 Å². The van der Waals surface area contributed by atoms with Crippen LogP contribution in [0.3, 0.4) is 0 Å². The number of para-hydroxylation sites is 4. The van der Waals surface area contributed by atoms with Crippen LogP contribution >= 0.6 is 0 Å². The first kappa shape index (κ1) is 20.7. The molecule has 5 aromatic carbocycles. The smallest absolute Gasteiger partial charge is 0.229 e. The third-order valence-electron chi connectivity index (χ3n) is 7.97. The maximum absolute atomic E-state index is 6.20. The zero-order valence-electron chi connectivity index (χ0n) is 20.9. The summed E-state index contributed by atoms with van der Waals surface area (Å²) >= 11 is 0. The maximum Gasteiger partial charge on any atom is 0.229 e. The Labute approximate surface area is 222 Å². The highest BCUT2D eigenvalue weighted by atomic mass is 16.3. The van der Waals surface area contributed by atoms with Crippen LogP contribution < -0.4 is 0 Å². The Morgan fingerprint density at radius 1 is 0.487 bits per heavy atom. The van der Waals surface area contributed by atoms with Gasteiger partial charge in [0.2, 0.25) is 5.71 Å². The molecule has 0 unspecified atom stereocenters. The molecule has 0 atom stereocenters. The lowest BCUT2D eigenvalue weighted by Crippen LogP contribution is -1.96. The van der Waals surface area contributed by atoms with Gasteiger partial charge in [-0.1, -0.05) is 72.8 Å². The molecule has 0 bridgehead atoms. The molecule has 9 rings (SSSR count). The molecule has 182 valence electrons. The second-order valence-electron chi connectivity index (χ2n) is 10.0. The molecule has 0 aliphatic heterocycles. The summed E-state index contributed by atoms with van der Waals surface area (Å²) in [4.78, 5) is 4.75. The molecule has 0 spiro atoms. The van der Waals surface area contributed by atoms with Gasteiger partial charge in [0.1, 0.15) is 5.58 Å². The highest BCUT2D eigenvalue weighted by Gasteiger charge is 2.20. The minimum Gasteiger partial charge on any atom is -0.438 e. The van der Waals surface area contributed by atoms with Crippen molar-refractivity contribution in [3.8, 4) is 11.4 Å². The van der Waals surface area contributed by atoms with Gasteiger partial charge in [0, 0.05) is 44.5 Å². The van der Waals surface area contributed by atoms with E-state index in [1.54, 1.807) is 0 Å². The molecule has 0 radical (unpaired) electrons. The SMILES string of the molecule is c1ccc(-n2c3ccccc3c3cc(-n4c5ccccc5c5cnc6oc7ccccc7c6c54)ccc32)cc1. The Kier molecular flexibility index (Phi) is 4.02. The van der Waals surface area contributed by atoms with Gasteiger partial charge in [-0.2, -0.15) is 0 Å². The van der Waals surface area contributed by atoms with Gasteiger partial charge in [0.25, 0.3) is 0 Å². The normalized spacial score (nSPS) is 12.1. The van der Waals surface area contributed by atoms with Crippen LogP contribution in [-0.2, 0) is 0 Å². The molecular weight excluding hydrogens is 478 g/mol. The van der Waals surface area contributed by atoms with Gasteiger partial charge in [0.15, 0.2) is 0 Å². The maximum atomic E-state index is 6.20. The average molecular weight is 500 g/mol. The topological polar surface area (TPSA) is 35.9 Å². The van der Waals surface area contributed by atoms with Crippen molar-refractivity contribution >= 4 is 65.7 Å². The molecule has 0 fully saturated rings. The third-order valence-corrected chi connectivity index (χ3v) is 7.97. The third kappa shape index (κ3) is 2.75. The molecule has 0 N–H and O–H groups in total. The standard InChI is InChI=1S/C35H21N3O/c1-2-10-22(11-3-1)37-29-15-7-4-12-24(29)27-20-23(18-19-31(27)37)38-30-16-8-5-13-25(30)28-21-36-35-33(34(28)38)26-14-6-9-17-32(26)39-35/h1-21H. The van der Waals surface area contributed by atoms with E-state index in [-0.39, 0.29) is 0 Å². The number of fused-ring (bicyclic) bond motifs is 10. The van der Waals surface area contributed by atoms with Crippen LogP contribution in [0.4, 0.5) is 0 Å². The number of furan rings is 1. The minimum atomic E-state index is 0.662. The number of hydrogen-bond donors (Lipinski definition) is 0. The molecule has 0 aliphatic carbocycles. The van der Waals surface area contributed by atoms with E-state index >= 15 is 0 Å². The Morgan fingerprint density at radius 2 is 1.13 bits per heavy atom. The number of aromatic nitrogens is 3. The van der Waals surface area contributed by atoms with E-state index in [2.05, 4.69) is 118 Å². The Hall–Kier alpha value is -5.35. The number of rotatable bonds is 2. The van der Waals surface area contributed by atoms with E-state index in [1.165, 1.54) is 27.2 Å². The van der Waals surface area contributed by atoms with Crippen molar-refractivity contribution in [3.63, 3.8) is 0 Å². The van der Waals surface area contributed by atoms with Gasteiger partial charge >= 0.3 is 0 Å². The van der Waals surface area contributed by atoms with Crippen LogP contribution in [0, 0.1) is 0 Å². The van der Waals surface area contributed by atoms with Crippen molar-refractivity contribution in [1.82, 2.24) is 14.1 Å². The van der Waals surface area contributed by atoms with Gasteiger partial charge in [0.05, 0.1) is 27.5 Å². The minimum absolute atomic E-state index is 0.662. The summed E-state index contributed by atoms with van der Waals surface area (Å²) in [5.41, 5.74) is 8.45. The molecule has 4 nitrogen and oxygen atoms in total. The zero-order valence-corrected chi connectivity index (χ0v) is 20.9. The molecule has 4 heterocycles. The summed E-state index contributed by atoms with van der Waals surface area (Å²) in [5.74, 6) is 0. The van der Waals surface area contributed by atoms with Gasteiger partial charge in [-0.3, -0.25) is 0 Å². The molecule has 0 saturated heterocycles. The van der Waals surface area contributed by atoms with Crippen molar-refractivity contribution in [2.75, 3.05) is 0 Å². The van der Waals surface area contributed by atoms with Crippen LogP contribution in [0.2, 0.25) is 0 Å². The van der Waals surface area contributed by atoms with Crippen molar-refractivity contribution in [3.05, 3.63) is 128 Å². The summed E-state index contributed by atoms with van der Waals surface area (Å²) in [5, 5.41) is 6.89. The molecule has 39 heavy (non-hydrogen) atoms. The zero-order chi connectivity index (χ0) is 25.5. The molecule has 0 saturated carbocycles. The summed E-state index contributed by atoms with van der Waals surface area (Å²) < 4.78 is 10.9. The lowest BCUT2D eigenvalue weighted by Gasteiger charge is -2.10. The van der Waals surface area contributed by atoms with Crippen molar-refractivity contribution in [2.45, 2.75) is 0 Å². The predicted octanol–water partition coefficient (Wildman–Crippen LogP) is 9.18.